The molecule has 1 aliphatic heterocycles. The zero-order chi connectivity index (χ0) is 16.1. The molecule has 122 valence electrons. The third-order valence-corrected chi connectivity index (χ3v) is 3.98. The second-order valence-corrected chi connectivity index (χ2v) is 5.61. The largest absolute Gasteiger partial charge is 0.427 e. The van der Waals surface area contributed by atoms with Gasteiger partial charge in [0.25, 0.3) is 5.91 Å². The molecule has 0 spiro atoms. The third kappa shape index (κ3) is 4.18. The van der Waals surface area contributed by atoms with Gasteiger partial charge in [-0.05, 0) is 32.4 Å². The first-order valence-corrected chi connectivity index (χ1v) is 7.74. The van der Waals surface area contributed by atoms with E-state index in [0.29, 0.717) is 23.4 Å². The van der Waals surface area contributed by atoms with Gasteiger partial charge in [0.15, 0.2) is 0 Å². The van der Waals surface area contributed by atoms with Crippen LogP contribution in [0.2, 0.25) is 0 Å². The standard InChI is InChI=1S/C16H24N2O4/c1-4-18-7-8-21-13(10-18)5-6-17-16(20)15-11(2)9-14(19)22-12(15)3/h9,13H,4-8,10H2,1-3H3,(H,17,20). The van der Waals surface area contributed by atoms with E-state index in [2.05, 4.69) is 17.1 Å². The van der Waals surface area contributed by atoms with Crippen molar-refractivity contribution in [2.75, 3.05) is 32.8 Å². The maximum Gasteiger partial charge on any atom is 0.336 e. The lowest BCUT2D eigenvalue weighted by atomic mass is 10.1. The lowest BCUT2D eigenvalue weighted by molar-refractivity contribution is -0.0296. The number of rotatable bonds is 5. The number of carbonyl (C=O) groups is 1. The molecule has 1 aromatic rings. The Morgan fingerprint density at radius 1 is 1.45 bits per heavy atom. The van der Waals surface area contributed by atoms with Gasteiger partial charge < -0.3 is 14.5 Å². The summed E-state index contributed by atoms with van der Waals surface area (Å²) in [5.74, 6) is 0.149. The van der Waals surface area contributed by atoms with Crippen molar-refractivity contribution in [3.63, 3.8) is 0 Å². The summed E-state index contributed by atoms with van der Waals surface area (Å²) in [7, 11) is 0. The molecule has 22 heavy (non-hydrogen) atoms. The van der Waals surface area contributed by atoms with Crippen molar-refractivity contribution in [3.8, 4) is 0 Å². The molecular weight excluding hydrogens is 284 g/mol. The molecule has 1 amide bonds. The first-order valence-electron chi connectivity index (χ1n) is 7.74. The molecule has 0 radical (unpaired) electrons. The monoisotopic (exact) mass is 308 g/mol. The first kappa shape index (κ1) is 16.7. The normalized spacial score (nSPS) is 19.1. The Morgan fingerprint density at radius 3 is 2.91 bits per heavy atom. The summed E-state index contributed by atoms with van der Waals surface area (Å²) in [6.07, 6.45) is 0.932. The van der Waals surface area contributed by atoms with Crippen LogP contribution in [0.1, 0.15) is 35.0 Å². The number of nitrogens with zero attached hydrogens (tertiary/aromatic N) is 1. The Balaban J connectivity index is 1.87. The van der Waals surface area contributed by atoms with Crippen LogP contribution in [0.15, 0.2) is 15.3 Å². The van der Waals surface area contributed by atoms with Crippen molar-refractivity contribution in [2.24, 2.45) is 0 Å². The maximum atomic E-state index is 12.2. The number of likely N-dealkylation sites (N-methyl/N-ethyl adjacent to an activating group) is 1. The van der Waals surface area contributed by atoms with Crippen molar-refractivity contribution in [3.05, 3.63) is 33.4 Å². The Kier molecular flexibility index (Phi) is 5.74. The van der Waals surface area contributed by atoms with Gasteiger partial charge in [0.1, 0.15) is 5.76 Å². The van der Waals surface area contributed by atoms with E-state index in [9.17, 15) is 9.59 Å². The molecule has 6 heteroatoms. The second kappa shape index (κ2) is 7.56. The van der Waals surface area contributed by atoms with Crippen LogP contribution in [0.4, 0.5) is 0 Å². The molecular formula is C16H24N2O4. The molecule has 6 nitrogen and oxygen atoms in total. The van der Waals surface area contributed by atoms with E-state index in [-0.39, 0.29) is 12.0 Å². The van der Waals surface area contributed by atoms with Crippen LogP contribution >= 0.6 is 0 Å². The maximum absolute atomic E-state index is 12.2. The number of morpholine rings is 1. The summed E-state index contributed by atoms with van der Waals surface area (Å²) in [4.78, 5) is 25.8. The summed E-state index contributed by atoms with van der Waals surface area (Å²) in [5, 5.41) is 2.88. The van der Waals surface area contributed by atoms with E-state index in [1.54, 1.807) is 13.8 Å². The topological polar surface area (TPSA) is 71.8 Å². The van der Waals surface area contributed by atoms with Crippen molar-refractivity contribution < 1.29 is 13.9 Å². The molecule has 0 aliphatic carbocycles. The van der Waals surface area contributed by atoms with Crippen molar-refractivity contribution >= 4 is 5.91 Å². The summed E-state index contributed by atoms with van der Waals surface area (Å²) < 4.78 is 10.7. The van der Waals surface area contributed by atoms with Gasteiger partial charge in [-0.3, -0.25) is 9.69 Å². The van der Waals surface area contributed by atoms with Gasteiger partial charge in [-0.1, -0.05) is 6.92 Å². The number of hydrogen-bond donors (Lipinski definition) is 1. The molecule has 1 saturated heterocycles. The fraction of sp³-hybridized carbons (Fsp3) is 0.625. The Morgan fingerprint density at radius 2 is 2.23 bits per heavy atom. The highest BCUT2D eigenvalue weighted by Gasteiger charge is 2.20. The van der Waals surface area contributed by atoms with Crippen LogP contribution in [-0.2, 0) is 4.74 Å². The van der Waals surface area contributed by atoms with Crippen molar-refractivity contribution in [1.82, 2.24) is 10.2 Å². The van der Waals surface area contributed by atoms with Gasteiger partial charge in [0, 0.05) is 25.7 Å². The second-order valence-electron chi connectivity index (χ2n) is 5.61. The van der Waals surface area contributed by atoms with Gasteiger partial charge in [-0.25, -0.2) is 4.79 Å². The first-order chi connectivity index (χ1) is 10.5. The van der Waals surface area contributed by atoms with Gasteiger partial charge in [0.2, 0.25) is 0 Å². The van der Waals surface area contributed by atoms with Crippen molar-refractivity contribution in [2.45, 2.75) is 33.3 Å². The molecule has 1 fully saturated rings. The van der Waals surface area contributed by atoms with Crippen molar-refractivity contribution in [1.29, 1.82) is 0 Å². The van der Waals surface area contributed by atoms with E-state index >= 15 is 0 Å². The zero-order valence-corrected chi connectivity index (χ0v) is 13.5. The zero-order valence-electron chi connectivity index (χ0n) is 13.5. The molecule has 0 bridgehead atoms. The highest BCUT2D eigenvalue weighted by atomic mass is 16.5. The van der Waals surface area contributed by atoms with Crippen LogP contribution in [0, 0.1) is 13.8 Å². The summed E-state index contributed by atoms with van der Waals surface area (Å²) >= 11 is 0. The van der Waals surface area contributed by atoms with Crippen LogP contribution in [0.25, 0.3) is 0 Å². The van der Waals surface area contributed by atoms with E-state index in [1.807, 2.05) is 0 Å². The molecule has 2 rings (SSSR count). The molecule has 0 saturated carbocycles. The molecule has 1 unspecified atom stereocenters. The van der Waals surface area contributed by atoms with E-state index in [0.717, 1.165) is 32.7 Å². The SMILES string of the molecule is CCN1CCOC(CCNC(=O)c2c(C)cc(=O)oc2C)C1. The fourth-order valence-electron chi connectivity index (χ4n) is 2.77. The number of amides is 1. The minimum Gasteiger partial charge on any atom is -0.427 e. The van der Waals surface area contributed by atoms with Gasteiger partial charge in [-0.2, -0.15) is 0 Å². The summed E-state index contributed by atoms with van der Waals surface area (Å²) in [5.41, 5.74) is 0.651. The fourth-order valence-corrected chi connectivity index (χ4v) is 2.77. The quantitative estimate of drug-likeness (QED) is 0.882. The molecule has 1 N–H and O–H groups in total. The van der Waals surface area contributed by atoms with Crippen LogP contribution in [0.5, 0.6) is 0 Å². The lowest BCUT2D eigenvalue weighted by Gasteiger charge is -2.32. The van der Waals surface area contributed by atoms with Crippen LogP contribution < -0.4 is 10.9 Å². The highest BCUT2D eigenvalue weighted by molar-refractivity contribution is 5.96. The predicted molar refractivity (Wildman–Crippen MR) is 83.3 cm³/mol. The Hall–Kier alpha value is -1.66. The summed E-state index contributed by atoms with van der Waals surface area (Å²) in [6.45, 7) is 9.69. The summed E-state index contributed by atoms with van der Waals surface area (Å²) in [6, 6.07) is 1.34. The average Bonchev–Trinajstić information content (AvgIpc) is 2.46. The van der Waals surface area contributed by atoms with E-state index in [1.165, 1.54) is 6.07 Å². The molecule has 1 atom stereocenters. The predicted octanol–water partition coefficient (Wildman–Crippen LogP) is 1.10. The number of hydrogen-bond acceptors (Lipinski definition) is 5. The van der Waals surface area contributed by atoms with E-state index in [4.69, 9.17) is 9.15 Å². The highest BCUT2D eigenvalue weighted by Crippen LogP contribution is 2.11. The van der Waals surface area contributed by atoms with Crippen LogP contribution in [0.3, 0.4) is 0 Å². The lowest BCUT2D eigenvalue weighted by Crippen LogP contribution is -2.43. The molecule has 0 aromatic carbocycles. The Labute approximate surface area is 130 Å². The van der Waals surface area contributed by atoms with E-state index < -0.39 is 5.63 Å². The average molecular weight is 308 g/mol. The third-order valence-electron chi connectivity index (χ3n) is 3.98. The molecule has 1 aromatic heterocycles. The number of aryl methyl sites for hydroxylation is 2. The number of carbonyl (C=O) groups excluding carboxylic acids is 1. The van der Waals surface area contributed by atoms with Gasteiger partial charge in [0.05, 0.1) is 18.3 Å². The number of nitrogens with one attached hydrogen (secondary N) is 1. The number of ether oxygens (including phenoxy) is 1. The van der Waals surface area contributed by atoms with Crippen LogP contribution in [-0.4, -0.2) is 49.7 Å². The molecule has 2 heterocycles. The smallest absolute Gasteiger partial charge is 0.336 e. The van der Waals surface area contributed by atoms with Gasteiger partial charge in [-0.15, -0.1) is 0 Å². The minimum atomic E-state index is -0.429. The molecule has 1 aliphatic rings. The Bertz CT molecular complexity index is 556. The van der Waals surface area contributed by atoms with Gasteiger partial charge >= 0.3 is 5.63 Å². The minimum absolute atomic E-state index is 0.157.